The van der Waals surface area contributed by atoms with Gasteiger partial charge in [0.25, 0.3) is 0 Å². The summed E-state index contributed by atoms with van der Waals surface area (Å²) < 4.78 is 16.2. The molecule has 0 N–H and O–H groups in total. The second kappa shape index (κ2) is 7.16. The molecule has 0 radical (unpaired) electrons. The van der Waals surface area contributed by atoms with Gasteiger partial charge < -0.3 is 14.2 Å². The fraction of sp³-hybridized carbons (Fsp3) is 0.500. The summed E-state index contributed by atoms with van der Waals surface area (Å²) in [6.45, 7) is 2.11. The van der Waals surface area contributed by atoms with Gasteiger partial charge in [-0.2, -0.15) is 0 Å². The molecule has 1 aliphatic rings. The van der Waals surface area contributed by atoms with Gasteiger partial charge in [-0.3, -0.25) is 0 Å². The Morgan fingerprint density at radius 3 is 2.90 bits per heavy atom. The van der Waals surface area contributed by atoms with Gasteiger partial charge in [-0.05, 0) is 38.0 Å². The lowest BCUT2D eigenvalue weighted by Gasteiger charge is -2.29. The molecular weight excluding hydrogens is 303 g/mol. The van der Waals surface area contributed by atoms with Crippen LogP contribution in [0.4, 0.5) is 0 Å². The summed E-state index contributed by atoms with van der Waals surface area (Å²) >= 11 is 11.9. The predicted molar refractivity (Wildman–Crippen MR) is 76.2 cm³/mol. The first kappa shape index (κ1) is 15.4. The van der Waals surface area contributed by atoms with E-state index >= 15 is 0 Å². The Kier molecular flexibility index (Phi) is 5.52. The van der Waals surface area contributed by atoms with Crippen LogP contribution < -0.4 is 4.74 Å². The van der Waals surface area contributed by atoms with Crippen molar-refractivity contribution in [2.45, 2.75) is 38.6 Å². The maximum Gasteiger partial charge on any atom is 0.335 e. The maximum atomic E-state index is 11.7. The highest BCUT2D eigenvalue weighted by molar-refractivity contribution is 6.35. The number of hydrogen-bond acceptors (Lipinski definition) is 4. The van der Waals surface area contributed by atoms with Crippen molar-refractivity contribution in [3.63, 3.8) is 0 Å². The third-order valence-electron chi connectivity index (χ3n) is 2.92. The van der Waals surface area contributed by atoms with E-state index in [0.29, 0.717) is 35.2 Å². The first-order chi connectivity index (χ1) is 9.60. The van der Waals surface area contributed by atoms with Crippen molar-refractivity contribution >= 4 is 29.2 Å². The minimum atomic E-state index is -0.570. The lowest BCUT2D eigenvalue weighted by Crippen LogP contribution is -2.37. The molecule has 1 fully saturated rings. The van der Waals surface area contributed by atoms with Crippen molar-refractivity contribution in [3.05, 3.63) is 28.2 Å². The van der Waals surface area contributed by atoms with E-state index in [1.807, 2.05) is 0 Å². The maximum absolute atomic E-state index is 11.7. The lowest BCUT2D eigenvalue weighted by atomic mass is 10.1. The van der Waals surface area contributed by atoms with Crippen LogP contribution in [-0.2, 0) is 14.3 Å². The molecule has 1 aromatic carbocycles. The zero-order valence-electron chi connectivity index (χ0n) is 11.1. The summed E-state index contributed by atoms with van der Waals surface area (Å²) in [4.78, 5) is 11.7. The normalized spacial score (nSPS) is 22.4. The molecule has 0 amide bonds. The van der Waals surface area contributed by atoms with Crippen molar-refractivity contribution in [2.24, 2.45) is 0 Å². The van der Waals surface area contributed by atoms with Crippen molar-refractivity contribution < 1.29 is 19.0 Å². The largest absolute Gasteiger partial charge is 0.464 e. The van der Waals surface area contributed by atoms with Gasteiger partial charge >= 0.3 is 5.97 Å². The summed E-state index contributed by atoms with van der Waals surface area (Å²) in [5.74, 6) is 0.147. The summed E-state index contributed by atoms with van der Waals surface area (Å²) in [6, 6.07) is 4.97. The topological polar surface area (TPSA) is 44.8 Å². The average molecular weight is 319 g/mol. The van der Waals surface area contributed by atoms with E-state index in [1.54, 1.807) is 25.1 Å². The highest BCUT2D eigenvalue weighted by Gasteiger charge is 2.30. The SMILES string of the molecule is CCOC(=O)[C@H]1CCC[C@H](Oc2ccc(Cl)cc2Cl)O1. The van der Waals surface area contributed by atoms with Crippen molar-refractivity contribution in [3.8, 4) is 5.75 Å². The molecule has 2 atom stereocenters. The lowest BCUT2D eigenvalue weighted by molar-refractivity contribution is -0.185. The Labute approximate surface area is 127 Å². The fourth-order valence-electron chi connectivity index (χ4n) is 2.00. The van der Waals surface area contributed by atoms with Crippen LogP contribution in [0.1, 0.15) is 26.2 Å². The van der Waals surface area contributed by atoms with Crippen LogP contribution in [0.2, 0.25) is 10.0 Å². The fourth-order valence-corrected chi connectivity index (χ4v) is 2.45. The number of ether oxygens (including phenoxy) is 3. The van der Waals surface area contributed by atoms with Crippen LogP contribution in [0.3, 0.4) is 0 Å². The van der Waals surface area contributed by atoms with Gasteiger partial charge in [0.15, 0.2) is 6.10 Å². The molecule has 1 heterocycles. The molecule has 1 aliphatic heterocycles. The number of hydrogen-bond donors (Lipinski definition) is 0. The van der Waals surface area contributed by atoms with Crippen LogP contribution >= 0.6 is 23.2 Å². The molecule has 0 unspecified atom stereocenters. The Morgan fingerprint density at radius 1 is 1.40 bits per heavy atom. The first-order valence-electron chi connectivity index (χ1n) is 6.54. The van der Waals surface area contributed by atoms with E-state index in [4.69, 9.17) is 37.4 Å². The summed E-state index contributed by atoms with van der Waals surface area (Å²) in [5.41, 5.74) is 0. The van der Waals surface area contributed by atoms with Crippen LogP contribution in [0, 0.1) is 0 Å². The molecule has 0 bridgehead atoms. The predicted octanol–water partition coefficient (Wildman–Crippen LogP) is 3.83. The van der Waals surface area contributed by atoms with Crippen molar-refractivity contribution in [2.75, 3.05) is 6.61 Å². The number of esters is 1. The van der Waals surface area contributed by atoms with E-state index in [1.165, 1.54) is 0 Å². The molecule has 2 rings (SSSR count). The van der Waals surface area contributed by atoms with Crippen LogP contribution in [0.15, 0.2) is 18.2 Å². The molecular formula is C14H16Cl2O4. The van der Waals surface area contributed by atoms with Gasteiger partial charge in [0.1, 0.15) is 5.75 Å². The van der Waals surface area contributed by atoms with Crippen LogP contribution in [-0.4, -0.2) is 25.0 Å². The van der Waals surface area contributed by atoms with E-state index in [2.05, 4.69) is 0 Å². The molecule has 20 heavy (non-hydrogen) atoms. The molecule has 0 aliphatic carbocycles. The Balaban J connectivity index is 1.97. The average Bonchev–Trinajstić information content (AvgIpc) is 2.43. The third kappa shape index (κ3) is 4.01. The van der Waals surface area contributed by atoms with E-state index in [9.17, 15) is 4.79 Å². The number of carbonyl (C=O) groups excluding carboxylic acids is 1. The van der Waals surface area contributed by atoms with Gasteiger partial charge in [0.2, 0.25) is 6.29 Å². The highest BCUT2D eigenvalue weighted by Crippen LogP contribution is 2.30. The summed E-state index contributed by atoms with van der Waals surface area (Å²) in [6.07, 6.45) is 1.11. The molecule has 0 spiro atoms. The highest BCUT2D eigenvalue weighted by atomic mass is 35.5. The van der Waals surface area contributed by atoms with Crippen molar-refractivity contribution in [1.29, 1.82) is 0 Å². The van der Waals surface area contributed by atoms with Gasteiger partial charge in [-0.1, -0.05) is 23.2 Å². The van der Waals surface area contributed by atoms with Gasteiger partial charge in [0, 0.05) is 11.4 Å². The number of rotatable bonds is 4. The van der Waals surface area contributed by atoms with Gasteiger partial charge in [0.05, 0.1) is 11.6 Å². The van der Waals surface area contributed by atoms with Crippen LogP contribution in [0.5, 0.6) is 5.75 Å². The van der Waals surface area contributed by atoms with Gasteiger partial charge in [-0.15, -0.1) is 0 Å². The molecule has 1 aromatic rings. The summed E-state index contributed by atoms with van der Waals surface area (Å²) in [5, 5.41) is 0.954. The zero-order valence-corrected chi connectivity index (χ0v) is 12.6. The van der Waals surface area contributed by atoms with E-state index in [-0.39, 0.29) is 5.97 Å². The van der Waals surface area contributed by atoms with Gasteiger partial charge in [-0.25, -0.2) is 4.79 Å². The third-order valence-corrected chi connectivity index (χ3v) is 3.45. The van der Waals surface area contributed by atoms with Crippen molar-refractivity contribution in [1.82, 2.24) is 0 Å². The number of benzene rings is 1. The quantitative estimate of drug-likeness (QED) is 0.791. The molecule has 4 nitrogen and oxygen atoms in total. The minimum Gasteiger partial charge on any atom is -0.464 e. The number of carbonyl (C=O) groups is 1. The molecule has 0 aromatic heterocycles. The van der Waals surface area contributed by atoms with E-state index in [0.717, 1.165) is 6.42 Å². The molecule has 6 heteroatoms. The Hall–Kier alpha value is -0.970. The second-order valence-corrected chi connectivity index (χ2v) is 5.27. The smallest absolute Gasteiger partial charge is 0.335 e. The molecule has 1 saturated heterocycles. The minimum absolute atomic E-state index is 0.341. The van der Waals surface area contributed by atoms with E-state index < -0.39 is 12.4 Å². The Morgan fingerprint density at radius 2 is 2.20 bits per heavy atom. The molecule has 0 saturated carbocycles. The zero-order chi connectivity index (χ0) is 14.5. The summed E-state index contributed by atoms with van der Waals surface area (Å²) in [7, 11) is 0. The van der Waals surface area contributed by atoms with Crippen LogP contribution in [0.25, 0.3) is 0 Å². The first-order valence-corrected chi connectivity index (χ1v) is 7.29. The Bertz CT molecular complexity index is 478. The number of halogens is 2. The monoisotopic (exact) mass is 318 g/mol. The second-order valence-electron chi connectivity index (χ2n) is 4.43. The standard InChI is InChI=1S/C14H16Cl2O4/c1-2-18-14(17)12-4-3-5-13(20-12)19-11-7-6-9(15)8-10(11)16/h6-8,12-13H,2-5H2,1H3/t12-,13-/m1/s1. The molecule has 110 valence electrons.